The van der Waals surface area contributed by atoms with Gasteiger partial charge in [-0.25, -0.2) is 0 Å². The highest BCUT2D eigenvalue weighted by Crippen LogP contribution is 2.18. The highest BCUT2D eigenvalue weighted by atomic mass is 15.1. The van der Waals surface area contributed by atoms with Gasteiger partial charge in [0.2, 0.25) is 0 Å². The van der Waals surface area contributed by atoms with Crippen LogP contribution < -0.4 is 16.4 Å². The third-order valence-corrected chi connectivity index (χ3v) is 3.35. The first-order valence-electron chi connectivity index (χ1n) is 7.11. The quantitative estimate of drug-likeness (QED) is 0.810. The molecule has 0 saturated heterocycles. The number of nitrogens with zero attached hydrogens (tertiary/aromatic N) is 1. The second kappa shape index (κ2) is 7.68. The Morgan fingerprint density at radius 3 is 2.05 bits per heavy atom. The highest BCUT2D eigenvalue weighted by molar-refractivity contribution is 5.48. The van der Waals surface area contributed by atoms with Gasteiger partial charge in [-0.05, 0) is 36.2 Å². The third kappa shape index (κ3) is 4.08. The third-order valence-electron chi connectivity index (χ3n) is 3.35. The molecule has 0 aliphatic heterocycles. The fourth-order valence-electron chi connectivity index (χ4n) is 2.30. The summed E-state index contributed by atoms with van der Waals surface area (Å²) >= 11 is 0. The van der Waals surface area contributed by atoms with Gasteiger partial charge in [0.15, 0.2) is 0 Å². The van der Waals surface area contributed by atoms with Gasteiger partial charge in [0.1, 0.15) is 0 Å². The Morgan fingerprint density at radius 1 is 0.750 bits per heavy atom. The van der Waals surface area contributed by atoms with Crippen molar-refractivity contribution in [2.75, 3.05) is 24.5 Å². The van der Waals surface area contributed by atoms with E-state index in [4.69, 9.17) is 11.5 Å². The molecule has 0 aliphatic rings. The molecule has 3 nitrogen and oxygen atoms in total. The lowest BCUT2D eigenvalue weighted by Crippen LogP contribution is -2.28. The molecule has 2 rings (SSSR count). The van der Waals surface area contributed by atoms with Crippen LogP contribution in [0.3, 0.4) is 0 Å². The molecule has 3 heteroatoms. The summed E-state index contributed by atoms with van der Waals surface area (Å²) in [6.45, 7) is 3.08. The number of anilines is 1. The molecule has 0 aliphatic carbocycles. The standard InChI is InChI=1S/C17H23N3/c18-11-10-15-6-8-17(9-7-15)20(13-12-19)14-16-4-2-1-3-5-16/h1-9H,10-14,18-19H2. The molecule has 0 fully saturated rings. The van der Waals surface area contributed by atoms with Crippen molar-refractivity contribution in [2.45, 2.75) is 13.0 Å². The number of nitrogens with two attached hydrogens (primary N) is 2. The highest BCUT2D eigenvalue weighted by Gasteiger charge is 2.06. The Hall–Kier alpha value is -1.84. The van der Waals surface area contributed by atoms with Crippen LogP contribution in [-0.4, -0.2) is 19.6 Å². The Kier molecular flexibility index (Phi) is 5.59. The van der Waals surface area contributed by atoms with Crippen molar-refractivity contribution in [3.8, 4) is 0 Å². The van der Waals surface area contributed by atoms with Gasteiger partial charge in [-0.15, -0.1) is 0 Å². The lowest BCUT2D eigenvalue weighted by Gasteiger charge is -2.24. The van der Waals surface area contributed by atoms with Gasteiger partial charge in [-0.1, -0.05) is 42.5 Å². The minimum absolute atomic E-state index is 0.650. The number of hydrogen-bond acceptors (Lipinski definition) is 3. The van der Waals surface area contributed by atoms with E-state index in [-0.39, 0.29) is 0 Å². The summed E-state index contributed by atoms with van der Waals surface area (Å²) in [5, 5.41) is 0. The van der Waals surface area contributed by atoms with Gasteiger partial charge in [-0.3, -0.25) is 0 Å². The lowest BCUT2D eigenvalue weighted by atomic mass is 10.1. The predicted octanol–water partition coefficient (Wildman–Crippen LogP) is 2.15. The summed E-state index contributed by atoms with van der Waals surface area (Å²) in [6, 6.07) is 19.1. The monoisotopic (exact) mass is 269 g/mol. The zero-order valence-electron chi connectivity index (χ0n) is 11.8. The molecule has 0 unspecified atom stereocenters. The molecule has 2 aromatic carbocycles. The summed E-state index contributed by atoms with van der Waals surface area (Å²) < 4.78 is 0. The van der Waals surface area contributed by atoms with Crippen LogP contribution in [0.15, 0.2) is 54.6 Å². The molecule has 0 atom stereocenters. The normalized spacial score (nSPS) is 10.5. The van der Waals surface area contributed by atoms with Crippen LogP contribution in [0, 0.1) is 0 Å². The maximum Gasteiger partial charge on any atom is 0.0430 e. The molecule has 20 heavy (non-hydrogen) atoms. The van der Waals surface area contributed by atoms with Crippen molar-refractivity contribution in [1.29, 1.82) is 0 Å². The minimum atomic E-state index is 0.650. The van der Waals surface area contributed by atoms with E-state index in [0.29, 0.717) is 13.1 Å². The van der Waals surface area contributed by atoms with Gasteiger partial charge < -0.3 is 16.4 Å². The van der Waals surface area contributed by atoms with E-state index in [0.717, 1.165) is 19.5 Å². The van der Waals surface area contributed by atoms with Crippen molar-refractivity contribution in [2.24, 2.45) is 11.5 Å². The van der Waals surface area contributed by atoms with Crippen molar-refractivity contribution < 1.29 is 0 Å². The summed E-state index contributed by atoms with van der Waals surface area (Å²) in [6.07, 6.45) is 0.926. The SMILES string of the molecule is NCCc1ccc(N(CCN)Cc2ccccc2)cc1. The summed E-state index contributed by atoms with van der Waals surface area (Å²) in [5.41, 5.74) is 15.1. The molecule has 2 aromatic rings. The van der Waals surface area contributed by atoms with Gasteiger partial charge in [0, 0.05) is 25.3 Å². The topological polar surface area (TPSA) is 55.3 Å². The Bertz CT molecular complexity index is 493. The average Bonchev–Trinajstić information content (AvgIpc) is 2.49. The first-order valence-corrected chi connectivity index (χ1v) is 7.11. The Balaban J connectivity index is 2.11. The molecular weight excluding hydrogens is 246 g/mol. The summed E-state index contributed by atoms with van der Waals surface area (Å²) in [4.78, 5) is 2.31. The fourth-order valence-corrected chi connectivity index (χ4v) is 2.30. The van der Waals surface area contributed by atoms with E-state index in [1.807, 2.05) is 6.07 Å². The smallest absolute Gasteiger partial charge is 0.0430 e. The van der Waals surface area contributed by atoms with Crippen LogP contribution in [0.5, 0.6) is 0 Å². The predicted molar refractivity (Wildman–Crippen MR) is 85.7 cm³/mol. The van der Waals surface area contributed by atoms with Crippen molar-refractivity contribution in [1.82, 2.24) is 0 Å². The van der Waals surface area contributed by atoms with Crippen LogP contribution >= 0.6 is 0 Å². The van der Waals surface area contributed by atoms with E-state index < -0.39 is 0 Å². The molecule has 0 bridgehead atoms. The second-order valence-electron chi connectivity index (χ2n) is 4.90. The largest absolute Gasteiger partial charge is 0.366 e. The molecular formula is C17H23N3. The molecule has 0 radical (unpaired) electrons. The van der Waals surface area contributed by atoms with Crippen LogP contribution in [0.4, 0.5) is 5.69 Å². The average molecular weight is 269 g/mol. The first kappa shape index (κ1) is 14.6. The Labute approximate surface area is 121 Å². The lowest BCUT2D eigenvalue weighted by molar-refractivity contribution is 0.789. The van der Waals surface area contributed by atoms with Crippen LogP contribution in [0.25, 0.3) is 0 Å². The van der Waals surface area contributed by atoms with Gasteiger partial charge in [0.25, 0.3) is 0 Å². The van der Waals surface area contributed by atoms with Crippen molar-refractivity contribution >= 4 is 5.69 Å². The van der Waals surface area contributed by atoms with Gasteiger partial charge in [0.05, 0.1) is 0 Å². The molecule has 106 valence electrons. The van der Waals surface area contributed by atoms with Crippen LogP contribution in [0.2, 0.25) is 0 Å². The van der Waals surface area contributed by atoms with Crippen molar-refractivity contribution in [3.05, 3.63) is 65.7 Å². The maximum atomic E-state index is 5.74. The van der Waals surface area contributed by atoms with E-state index in [1.165, 1.54) is 16.8 Å². The zero-order valence-corrected chi connectivity index (χ0v) is 11.8. The summed E-state index contributed by atoms with van der Waals surface area (Å²) in [5.74, 6) is 0. The van der Waals surface area contributed by atoms with Crippen molar-refractivity contribution in [3.63, 3.8) is 0 Å². The minimum Gasteiger partial charge on any atom is -0.366 e. The van der Waals surface area contributed by atoms with Gasteiger partial charge in [-0.2, -0.15) is 0 Å². The molecule has 0 amide bonds. The number of benzene rings is 2. The van der Waals surface area contributed by atoms with Crippen LogP contribution in [0.1, 0.15) is 11.1 Å². The first-order chi connectivity index (χ1) is 9.83. The van der Waals surface area contributed by atoms with E-state index in [9.17, 15) is 0 Å². The van der Waals surface area contributed by atoms with E-state index in [1.54, 1.807) is 0 Å². The fraction of sp³-hybridized carbons (Fsp3) is 0.294. The number of hydrogen-bond donors (Lipinski definition) is 2. The van der Waals surface area contributed by atoms with Crippen LogP contribution in [-0.2, 0) is 13.0 Å². The summed E-state index contributed by atoms with van der Waals surface area (Å²) in [7, 11) is 0. The molecule has 0 spiro atoms. The maximum absolute atomic E-state index is 5.74. The van der Waals surface area contributed by atoms with E-state index in [2.05, 4.69) is 53.4 Å². The number of rotatable bonds is 7. The van der Waals surface area contributed by atoms with Gasteiger partial charge >= 0.3 is 0 Å². The Morgan fingerprint density at radius 2 is 1.45 bits per heavy atom. The molecule has 0 saturated carbocycles. The second-order valence-corrected chi connectivity index (χ2v) is 4.90. The zero-order chi connectivity index (χ0) is 14.2. The molecule has 4 N–H and O–H groups in total. The molecule has 0 heterocycles. The van der Waals surface area contributed by atoms with E-state index >= 15 is 0 Å². The molecule has 0 aromatic heterocycles.